The van der Waals surface area contributed by atoms with Crippen LogP contribution in [0, 0.1) is 5.82 Å². The van der Waals surface area contributed by atoms with Gasteiger partial charge in [-0.3, -0.25) is 9.59 Å². The van der Waals surface area contributed by atoms with Crippen LogP contribution in [0.2, 0.25) is 5.02 Å². The number of hydrogen-bond donors (Lipinski definition) is 3. The van der Waals surface area contributed by atoms with Gasteiger partial charge in [0.25, 0.3) is 11.8 Å². The molecule has 0 atom stereocenters. The molecule has 0 radical (unpaired) electrons. The Balaban J connectivity index is 2.03. The van der Waals surface area contributed by atoms with E-state index in [0.29, 0.717) is 11.3 Å². The molecule has 3 rings (SSSR count). The van der Waals surface area contributed by atoms with Crippen molar-refractivity contribution in [2.75, 3.05) is 5.32 Å². The summed E-state index contributed by atoms with van der Waals surface area (Å²) in [5.41, 5.74) is 3.51. The molecule has 11 heteroatoms. The molecule has 0 aliphatic heterocycles. The van der Waals surface area contributed by atoms with E-state index in [9.17, 15) is 27.5 Å². The maximum atomic E-state index is 13.2. The first-order chi connectivity index (χ1) is 12.0. The molecule has 1 aliphatic carbocycles. The number of halogens is 2. The molecule has 2 aromatic rings. The summed E-state index contributed by atoms with van der Waals surface area (Å²) in [6.07, 6.45) is 0.541. The second kappa shape index (κ2) is 6.31. The molecule has 0 unspecified atom stereocenters. The standard InChI is InChI=1S/C15H12ClFN2O5S2/c16-9-5-7(17)1-2-10(9)26(23,24)11-6-8(12(18)20)13(25-11)19-14(21)15(22)3-4-15/h1-2,5-6,22H,3-4H2,(H2,18,20)(H,19,21). The Morgan fingerprint density at radius 1 is 1.31 bits per heavy atom. The Kier molecular flexibility index (Phi) is 4.55. The van der Waals surface area contributed by atoms with Crippen LogP contribution in [0.5, 0.6) is 0 Å². The normalized spacial score (nSPS) is 15.5. The number of nitrogens with one attached hydrogen (secondary N) is 1. The van der Waals surface area contributed by atoms with Crippen LogP contribution in [0.25, 0.3) is 0 Å². The highest BCUT2D eigenvalue weighted by Crippen LogP contribution is 2.40. The number of nitrogens with two attached hydrogens (primary N) is 1. The third-order valence-electron chi connectivity index (χ3n) is 3.80. The molecule has 1 aliphatic rings. The van der Waals surface area contributed by atoms with Gasteiger partial charge in [-0.25, -0.2) is 12.8 Å². The molecule has 1 heterocycles. The number of carbonyl (C=O) groups is 2. The molecule has 0 bridgehead atoms. The molecule has 7 nitrogen and oxygen atoms in total. The van der Waals surface area contributed by atoms with Crippen molar-refractivity contribution in [2.24, 2.45) is 5.73 Å². The highest BCUT2D eigenvalue weighted by Gasteiger charge is 2.48. The van der Waals surface area contributed by atoms with Gasteiger partial charge >= 0.3 is 0 Å². The first-order valence-electron chi connectivity index (χ1n) is 7.22. The van der Waals surface area contributed by atoms with Crippen molar-refractivity contribution < 1.29 is 27.5 Å². The maximum Gasteiger partial charge on any atom is 0.256 e. The van der Waals surface area contributed by atoms with Gasteiger partial charge in [0.15, 0.2) is 0 Å². The number of anilines is 1. The number of carbonyl (C=O) groups excluding carboxylic acids is 2. The molecule has 26 heavy (non-hydrogen) atoms. The smallest absolute Gasteiger partial charge is 0.256 e. The maximum absolute atomic E-state index is 13.2. The number of thiophene rings is 1. The molecule has 0 saturated heterocycles. The highest BCUT2D eigenvalue weighted by molar-refractivity contribution is 7.93. The largest absolute Gasteiger partial charge is 0.380 e. The minimum atomic E-state index is -4.18. The lowest BCUT2D eigenvalue weighted by molar-refractivity contribution is -0.125. The second-order valence-electron chi connectivity index (χ2n) is 5.74. The van der Waals surface area contributed by atoms with Crippen molar-refractivity contribution in [1.29, 1.82) is 0 Å². The molecule has 1 fully saturated rings. The van der Waals surface area contributed by atoms with E-state index >= 15 is 0 Å². The van der Waals surface area contributed by atoms with E-state index in [1.165, 1.54) is 0 Å². The van der Waals surface area contributed by atoms with Crippen LogP contribution in [0.1, 0.15) is 23.2 Å². The summed E-state index contributed by atoms with van der Waals surface area (Å²) in [4.78, 5) is 23.2. The van der Waals surface area contributed by atoms with Gasteiger partial charge in [0.2, 0.25) is 9.84 Å². The first-order valence-corrected chi connectivity index (χ1v) is 9.90. The quantitative estimate of drug-likeness (QED) is 0.639. The van der Waals surface area contributed by atoms with Gasteiger partial charge in [0, 0.05) is 0 Å². The zero-order valence-electron chi connectivity index (χ0n) is 13.0. The summed E-state index contributed by atoms with van der Waals surface area (Å²) in [6, 6.07) is 3.80. The molecule has 0 spiro atoms. The van der Waals surface area contributed by atoms with E-state index in [-0.39, 0.29) is 37.5 Å². The Morgan fingerprint density at radius 2 is 1.96 bits per heavy atom. The number of sulfone groups is 1. The van der Waals surface area contributed by atoms with Crippen molar-refractivity contribution in [2.45, 2.75) is 27.5 Å². The van der Waals surface area contributed by atoms with Crippen LogP contribution in [0.3, 0.4) is 0 Å². The number of rotatable bonds is 5. The zero-order chi connectivity index (χ0) is 19.3. The fourth-order valence-electron chi connectivity index (χ4n) is 2.14. The SMILES string of the molecule is NC(=O)c1cc(S(=O)(=O)c2ccc(F)cc2Cl)sc1NC(=O)C1(O)CC1. The molecular formula is C15H12ClFN2O5S2. The van der Waals surface area contributed by atoms with Crippen LogP contribution < -0.4 is 11.1 Å². The summed E-state index contributed by atoms with van der Waals surface area (Å²) < 4.78 is 38.3. The van der Waals surface area contributed by atoms with Crippen molar-refractivity contribution in [1.82, 2.24) is 0 Å². The van der Waals surface area contributed by atoms with Gasteiger partial charge in [-0.2, -0.15) is 0 Å². The minimum Gasteiger partial charge on any atom is -0.380 e. The number of benzene rings is 1. The summed E-state index contributed by atoms with van der Waals surface area (Å²) in [7, 11) is -4.18. The van der Waals surface area contributed by atoms with Gasteiger partial charge in [-0.1, -0.05) is 11.6 Å². The Bertz CT molecular complexity index is 1030. The number of amides is 2. The van der Waals surface area contributed by atoms with E-state index in [4.69, 9.17) is 17.3 Å². The van der Waals surface area contributed by atoms with E-state index in [2.05, 4.69) is 5.32 Å². The Hall–Kier alpha value is -2.01. The fourth-order valence-corrected chi connectivity index (χ4v) is 5.42. The van der Waals surface area contributed by atoms with Crippen LogP contribution in [-0.2, 0) is 14.6 Å². The van der Waals surface area contributed by atoms with Crippen molar-refractivity contribution >= 4 is 49.6 Å². The molecule has 4 N–H and O–H groups in total. The lowest BCUT2D eigenvalue weighted by Crippen LogP contribution is -2.29. The molecule has 1 aromatic carbocycles. The summed E-state index contributed by atoms with van der Waals surface area (Å²) in [6.45, 7) is 0. The topological polar surface area (TPSA) is 127 Å². The predicted octanol–water partition coefficient (Wildman–Crippen LogP) is 1.94. The fraction of sp³-hybridized carbons (Fsp3) is 0.200. The van der Waals surface area contributed by atoms with Gasteiger partial charge < -0.3 is 16.2 Å². The monoisotopic (exact) mass is 418 g/mol. The molecule has 1 aromatic heterocycles. The average Bonchev–Trinajstić information content (AvgIpc) is 3.14. The average molecular weight is 419 g/mol. The predicted molar refractivity (Wildman–Crippen MR) is 92.5 cm³/mol. The molecule has 2 amide bonds. The summed E-state index contributed by atoms with van der Waals surface area (Å²) >= 11 is 6.41. The van der Waals surface area contributed by atoms with Crippen molar-refractivity contribution in [3.63, 3.8) is 0 Å². The number of primary amides is 1. The van der Waals surface area contributed by atoms with E-state index in [0.717, 1.165) is 24.3 Å². The second-order valence-corrected chi connectivity index (χ2v) is 9.34. The van der Waals surface area contributed by atoms with Crippen molar-refractivity contribution in [3.8, 4) is 0 Å². The third kappa shape index (κ3) is 3.32. The summed E-state index contributed by atoms with van der Waals surface area (Å²) in [5.74, 6) is -2.40. The van der Waals surface area contributed by atoms with E-state index in [1.54, 1.807) is 0 Å². The lowest BCUT2D eigenvalue weighted by atomic mass is 10.3. The van der Waals surface area contributed by atoms with Gasteiger partial charge in [0.05, 0.1) is 15.5 Å². The van der Waals surface area contributed by atoms with Crippen molar-refractivity contribution in [3.05, 3.63) is 40.7 Å². The van der Waals surface area contributed by atoms with Crippen LogP contribution in [0.15, 0.2) is 33.4 Å². The molecular weight excluding hydrogens is 407 g/mol. The van der Waals surface area contributed by atoms with Gasteiger partial charge in [0.1, 0.15) is 20.6 Å². The lowest BCUT2D eigenvalue weighted by Gasteiger charge is -2.08. The summed E-state index contributed by atoms with van der Waals surface area (Å²) in [5, 5.41) is 11.7. The van der Waals surface area contributed by atoms with E-state index < -0.39 is 33.1 Å². The van der Waals surface area contributed by atoms with E-state index in [1.807, 2.05) is 0 Å². The zero-order valence-corrected chi connectivity index (χ0v) is 15.3. The number of hydrogen-bond acceptors (Lipinski definition) is 6. The van der Waals surface area contributed by atoms with Gasteiger partial charge in [-0.05, 0) is 37.1 Å². The highest BCUT2D eigenvalue weighted by atomic mass is 35.5. The minimum absolute atomic E-state index is 0.0976. The first kappa shape index (κ1) is 18.8. The molecule has 138 valence electrons. The van der Waals surface area contributed by atoms with Crippen LogP contribution >= 0.6 is 22.9 Å². The van der Waals surface area contributed by atoms with Gasteiger partial charge in [-0.15, -0.1) is 11.3 Å². The number of aliphatic hydroxyl groups is 1. The molecule has 1 saturated carbocycles. The Labute approximate surface area is 156 Å². The van der Waals surface area contributed by atoms with Crippen LogP contribution in [-0.4, -0.2) is 30.9 Å². The third-order valence-corrected chi connectivity index (χ3v) is 7.56. The Morgan fingerprint density at radius 3 is 2.50 bits per heavy atom. The van der Waals surface area contributed by atoms with Crippen LogP contribution in [0.4, 0.5) is 9.39 Å².